The van der Waals surface area contributed by atoms with E-state index in [2.05, 4.69) is 36.0 Å². The maximum absolute atomic E-state index is 11.7. The highest BCUT2D eigenvalue weighted by Gasteiger charge is 2.23. The molecule has 0 aliphatic carbocycles. The summed E-state index contributed by atoms with van der Waals surface area (Å²) in [5.41, 5.74) is 0. The van der Waals surface area contributed by atoms with Crippen LogP contribution in [0.4, 0.5) is 0 Å². The molecule has 2 atom stereocenters. The first-order chi connectivity index (χ1) is 9.08. The zero-order chi connectivity index (χ0) is 14.3. The number of nitrogens with one attached hydrogen (secondary N) is 1. The van der Waals surface area contributed by atoms with Gasteiger partial charge in [0.25, 0.3) is 0 Å². The van der Waals surface area contributed by atoms with Crippen LogP contribution in [0.15, 0.2) is 0 Å². The van der Waals surface area contributed by atoms with Crippen LogP contribution in [0.5, 0.6) is 0 Å². The number of rotatable bonds is 7. The van der Waals surface area contributed by atoms with E-state index in [-0.39, 0.29) is 12.0 Å². The van der Waals surface area contributed by atoms with Gasteiger partial charge in [-0.3, -0.25) is 4.79 Å². The van der Waals surface area contributed by atoms with Crippen molar-refractivity contribution in [3.63, 3.8) is 0 Å². The van der Waals surface area contributed by atoms with Crippen molar-refractivity contribution < 1.29 is 9.53 Å². The van der Waals surface area contributed by atoms with Crippen LogP contribution in [-0.4, -0.2) is 74.7 Å². The zero-order valence-electron chi connectivity index (χ0n) is 12.8. The lowest BCUT2D eigenvalue weighted by molar-refractivity contribution is -0.143. The molecular weight excluding hydrogens is 242 g/mol. The third kappa shape index (κ3) is 5.47. The summed E-state index contributed by atoms with van der Waals surface area (Å²) >= 11 is 0. The predicted octanol–water partition coefficient (Wildman–Crippen LogP) is 0.554. The number of carbonyl (C=O) groups is 1. The Kier molecular flexibility index (Phi) is 7.34. The molecule has 0 aromatic rings. The highest BCUT2D eigenvalue weighted by molar-refractivity contribution is 5.75. The van der Waals surface area contributed by atoms with Gasteiger partial charge in [0.15, 0.2) is 0 Å². The van der Waals surface area contributed by atoms with E-state index in [4.69, 9.17) is 4.74 Å². The third-order valence-electron chi connectivity index (χ3n) is 3.90. The van der Waals surface area contributed by atoms with Gasteiger partial charge in [0.05, 0.1) is 7.11 Å². The van der Waals surface area contributed by atoms with Crippen LogP contribution in [0.1, 0.15) is 26.7 Å². The van der Waals surface area contributed by atoms with E-state index >= 15 is 0 Å². The van der Waals surface area contributed by atoms with Crippen molar-refractivity contribution in [2.45, 2.75) is 38.8 Å². The Morgan fingerprint density at radius 1 is 1.47 bits per heavy atom. The SMILES string of the molecule is CCCNC(CCN1CCN(C)C(C)C1)C(=O)OC. The standard InChI is InChI=1S/C14H29N3O2/c1-5-7-15-13(14(18)19-4)6-8-17-10-9-16(3)12(2)11-17/h12-13,15H,5-11H2,1-4H3. The van der Waals surface area contributed by atoms with E-state index in [1.54, 1.807) is 0 Å². The Morgan fingerprint density at radius 2 is 2.21 bits per heavy atom. The highest BCUT2D eigenvalue weighted by atomic mass is 16.5. The molecule has 0 radical (unpaired) electrons. The molecule has 1 rings (SSSR count). The quantitative estimate of drug-likeness (QED) is 0.685. The molecule has 1 aliphatic heterocycles. The molecule has 5 nitrogen and oxygen atoms in total. The number of ether oxygens (including phenoxy) is 1. The molecule has 19 heavy (non-hydrogen) atoms. The van der Waals surface area contributed by atoms with Crippen LogP contribution in [0, 0.1) is 0 Å². The maximum Gasteiger partial charge on any atom is 0.322 e. The number of esters is 1. The number of methoxy groups -OCH3 is 1. The van der Waals surface area contributed by atoms with Gasteiger partial charge in [0.2, 0.25) is 0 Å². The number of carbonyl (C=O) groups excluding carboxylic acids is 1. The normalized spacial score (nSPS) is 23.3. The van der Waals surface area contributed by atoms with Crippen LogP contribution in [-0.2, 0) is 9.53 Å². The van der Waals surface area contributed by atoms with E-state index < -0.39 is 0 Å². The highest BCUT2D eigenvalue weighted by Crippen LogP contribution is 2.08. The minimum Gasteiger partial charge on any atom is -0.468 e. The fourth-order valence-corrected chi connectivity index (χ4v) is 2.40. The van der Waals surface area contributed by atoms with Crippen molar-refractivity contribution in [1.82, 2.24) is 15.1 Å². The van der Waals surface area contributed by atoms with Crippen molar-refractivity contribution in [3.05, 3.63) is 0 Å². The molecule has 0 aromatic heterocycles. The summed E-state index contributed by atoms with van der Waals surface area (Å²) in [4.78, 5) is 16.5. The maximum atomic E-state index is 11.7. The minimum atomic E-state index is -0.167. The van der Waals surface area contributed by atoms with Gasteiger partial charge >= 0.3 is 5.97 Å². The number of nitrogens with zero attached hydrogens (tertiary/aromatic N) is 2. The van der Waals surface area contributed by atoms with Gasteiger partial charge in [0, 0.05) is 32.2 Å². The van der Waals surface area contributed by atoms with Crippen molar-refractivity contribution in [3.8, 4) is 0 Å². The lowest BCUT2D eigenvalue weighted by Crippen LogP contribution is -2.51. The predicted molar refractivity (Wildman–Crippen MR) is 77.2 cm³/mol. The topological polar surface area (TPSA) is 44.8 Å². The van der Waals surface area contributed by atoms with Crippen LogP contribution in [0.3, 0.4) is 0 Å². The summed E-state index contributed by atoms with van der Waals surface area (Å²) in [6.45, 7) is 9.43. The van der Waals surface area contributed by atoms with Crippen LogP contribution in [0.25, 0.3) is 0 Å². The summed E-state index contributed by atoms with van der Waals surface area (Å²) in [5, 5.41) is 3.27. The molecule has 1 N–H and O–H groups in total. The van der Waals surface area contributed by atoms with E-state index in [0.29, 0.717) is 6.04 Å². The second-order valence-electron chi connectivity index (χ2n) is 5.45. The summed E-state index contributed by atoms with van der Waals surface area (Å²) in [6, 6.07) is 0.425. The van der Waals surface area contributed by atoms with Gasteiger partial charge in [0.1, 0.15) is 6.04 Å². The molecule has 2 unspecified atom stereocenters. The molecule has 1 aliphatic rings. The summed E-state index contributed by atoms with van der Waals surface area (Å²) in [7, 11) is 3.63. The smallest absolute Gasteiger partial charge is 0.322 e. The van der Waals surface area contributed by atoms with Gasteiger partial charge in [-0.1, -0.05) is 6.92 Å². The van der Waals surface area contributed by atoms with E-state index in [9.17, 15) is 4.79 Å². The van der Waals surface area contributed by atoms with E-state index in [1.165, 1.54) is 7.11 Å². The number of piperazine rings is 1. The average Bonchev–Trinajstić information content (AvgIpc) is 2.42. The van der Waals surface area contributed by atoms with Gasteiger partial charge < -0.3 is 19.9 Å². The van der Waals surface area contributed by atoms with Crippen molar-refractivity contribution in [1.29, 1.82) is 0 Å². The summed E-state index contributed by atoms with van der Waals surface area (Å²) in [5.74, 6) is -0.143. The molecule has 0 spiro atoms. The molecule has 0 bridgehead atoms. The lowest BCUT2D eigenvalue weighted by atomic mass is 10.1. The number of hydrogen-bond acceptors (Lipinski definition) is 5. The van der Waals surface area contributed by atoms with Crippen LogP contribution >= 0.6 is 0 Å². The lowest BCUT2D eigenvalue weighted by Gasteiger charge is -2.38. The minimum absolute atomic E-state index is 0.143. The van der Waals surface area contributed by atoms with E-state index in [1.807, 2.05) is 0 Å². The Labute approximate surface area is 117 Å². The second kappa shape index (κ2) is 8.51. The van der Waals surface area contributed by atoms with Crippen molar-refractivity contribution >= 4 is 5.97 Å². The fourth-order valence-electron chi connectivity index (χ4n) is 2.40. The Morgan fingerprint density at radius 3 is 2.79 bits per heavy atom. The molecule has 0 saturated carbocycles. The van der Waals surface area contributed by atoms with Crippen molar-refractivity contribution in [2.24, 2.45) is 0 Å². The second-order valence-corrected chi connectivity index (χ2v) is 5.45. The van der Waals surface area contributed by atoms with Gasteiger partial charge in [-0.2, -0.15) is 0 Å². The van der Waals surface area contributed by atoms with Crippen LogP contribution in [0.2, 0.25) is 0 Å². The average molecular weight is 271 g/mol. The summed E-state index contributed by atoms with van der Waals surface area (Å²) < 4.78 is 4.86. The first kappa shape index (κ1) is 16.4. The van der Waals surface area contributed by atoms with Gasteiger partial charge in [-0.05, 0) is 33.4 Å². The fraction of sp³-hybridized carbons (Fsp3) is 0.929. The molecule has 1 saturated heterocycles. The number of likely N-dealkylation sites (N-methyl/N-ethyl adjacent to an activating group) is 1. The molecule has 1 fully saturated rings. The van der Waals surface area contributed by atoms with Gasteiger partial charge in [-0.15, -0.1) is 0 Å². The molecule has 112 valence electrons. The third-order valence-corrected chi connectivity index (χ3v) is 3.90. The molecule has 0 aromatic carbocycles. The monoisotopic (exact) mass is 271 g/mol. The zero-order valence-corrected chi connectivity index (χ0v) is 12.8. The van der Waals surface area contributed by atoms with Gasteiger partial charge in [-0.25, -0.2) is 0 Å². The summed E-state index contributed by atoms with van der Waals surface area (Å²) in [6.07, 6.45) is 1.85. The molecule has 5 heteroatoms. The molecule has 0 amide bonds. The Balaban J connectivity index is 2.36. The molecular formula is C14H29N3O2. The Hall–Kier alpha value is -0.650. The van der Waals surface area contributed by atoms with Crippen LogP contribution < -0.4 is 5.32 Å². The Bertz CT molecular complexity index is 273. The first-order valence-electron chi connectivity index (χ1n) is 7.32. The number of hydrogen-bond donors (Lipinski definition) is 1. The first-order valence-corrected chi connectivity index (χ1v) is 7.32. The largest absolute Gasteiger partial charge is 0.468 e. The van der Waals surface area contributed by atoms with Crippen molar-refractivity contribution in [2.75, 3.05) is 46.9 Å². The van der Waals surface area contributed by atoms with E-state index in [0.717, 1.165) is 45.6 Å². The molecule has 1 heterocycles.